The van der Waals surface area contributed by atoms with Gasteiger partial charge in [0.25, 0.3) is 16.1 Å². The number of rotatable bonds is 10. The van der Waals surface area contributed by atoms with Gasteiger partial charge < -0.3 is 21.5 Å². The zero-order valence-corrected chi connectivity index (χ0v) is 16.0. The van der Waals surface area contributed by atoms with Crippen molar-refractivity contribution in [3.63, 3.8) is 0 Å². The molecule has 0 aliphatic rings. The van der Waals surface area contributed by atoms with Crippen LogP contribution in [0.5, 0.6) is 0 Å². The Hall–Kier alpha value is -2.95. The van der Waals surface area contributed by atoms with Crippen LogP contribution in [-0.4, -0.2) is 70.8 Å². The summed E-state index contributed by atoms with van der Waals surface area (Å²) in [4.78, 5) is 12.5. The van der Waals surface area contributed by atoms with Crippen LogP contribution in [0.15, 0.2) is 10.2 Å². The molecule has 0 atom stereocenters. The first kappa shape index (κ1) is 21.4. The molecule has 0 aliphatic carbocycles. The van der Waals surface area contributed by atoms with Crippen LogP contribution in [-0.2, 0) is 14.4 Å². The van der Waals surface area contributed by atoms with Gasteiger partial charge in [0, 0.05) is 20.1 Å². The van der Waals surface area contributed by atoms with Crippen molar-refractivity contribution in [1.29, 1.82) is 0 Å². The number of aromatic nitrogens is 5. The summed E-state index contributed by atoms with van der Waals surface area (Å²) < 4.78 is 27.7. The predicted molar refractivity (Wildman–Crippen MR) is 99.7 cm³/mol. The molecule has 0 unspecified atom stereocenters. The minimum atomic E-state index is -3.86. The van der Waals surface area contributed by atoms with Gasteiger partial charge in [0.2, 0.25) is 11.9 Å². The van der Waals surface area contributed by atoms with Gasteiger partial charge in [-0.2, -0.15) is 53.6 Å². The van der Waals surface area contributed by atoms with Gasteiger partial charge in [0.15, 0.2) is 11.5 Å². The van der Waals surface area contributed by atoms with E-state index in [1.165, 1.54) is 11.7 Å². The van der Waals surface area contributed by atoms with Crippen molar-refractivity contribution in [3.8, 4) is 5.95 Å². The predicted octanol–water partition coefficient (Wildman–Crippen LogP) is -1.30. The highest BCUT2D eigenvalue weighted by Crippen LogP contribution is 2.28. The number of nitrogens with one attached hydrogen (secondary N) is 2. The maximum atomic E-state index is 11.3. The summed E-state index contributed by atoms with van der Waals surface area (Å²) in [5.41, 5.74) is 6.93. The highest BCUT2D eigenvalue weighted by atomic mass is 32.2. The van der Waals surface area contributed by atoms with E-state index in [1.54, 1.807) is 6.92 Å². The van der Waals surface area contributed by atoms with Gasteiger partial charge in [-0.1, -0.05) is 0 Å². The molecule has 0 saturated heterocycles. The number of nitrogens with two attached hydrogens (primary N) is 2. The summed E-state index contributed by atoms with van der Waals surface area (Å²) in [5, 5.41) is 26.3. The van der Waals surface area contributed by atoms with Crippen LogP contribution in [0.1, 0.15) is 5.69 Å². The summed E-state index contributed by atoms with van der Waals surface area (Å²) in [6, 6.07) is 0. The SMILES string of the molecule is C/N=N/c1c(C)nn(-c2nc(NCCO)nc(NCCS(=O)(=O)ON)n2)c1N. The molecule has 0 bridgehead atoms. The van der Waals surface area contributed by atoms with Crippen LogP contribution < -0.4 is 22.3 Å². The largest absolute Gasteiger partial charge is 0.395 e. The number of aryl methyl sites for hydroxylation is 1. The molecular formula is C12H21N11O4S. The molecule has 7 N–H and O–H groups in total. The molecule has 154 valence electrons. The smallest absolute Gasteiger partial charge is 0.284 e. The lowest BCUT2D eigenvalue weighted by Gasteiger charge is -2.10. The fourth-order valence-electron chi connectivity index (χ4n) is 2.03. The second-order valence-corrected chi connectivity index (χ2v) is 6.96. The van der Waals surface area contributed by atoms with Crippen LogP contribution >= 0.6 is 0 Å². The maximum absolute atomic E-state index is 11.3. The van der Waals surface area contributed by atoms with E-state index >= 15 is 0 Å². The van der Waals surface area contributed by atoms with Crippen LogP contribution in [0.25, 0.3) is 5.95 Å². The van der Waals surface area contributed by atoms with E-state index < -0.39 is 15.9 Å². The van der Waals surface area contributed by atoms with Gasteiger partial charge in [-0.25, -0.2) is 0 Å². The molecule has 28 heavy (non-hydrogen) atoms. The summed E-state index contributed by atoms with van der Waals surface area (Å²) in [6.45, 7) is 1.65. The van der Waals surface area contributed by atoms with Crippen molar-refractivity contribution < 1.29 is 17.8 Å². The normalized spacial score (nSPS) is 11.9. The second-order valence-electron chi connectivity index (χ2n) is 5.25. The number of nitrogen functional groups attached to an aromatic ring is 1. The van der Waals surface area contributed by atoms with E-state index in [-0.39, 0.29) is 43.4 Å². The van der Waals surface area contributed by atoms with E-state index in [0.717, 1.165) is 0 Å². The first-order valence-corrected chi connectivity index (χ1v) is 9.50. The lowest BCUT2D eigenvalue weighted by atomic mass is 10.4. The first-order chi connectivity index (χ1) is 13.3. The molecule has 2 rings (SSSR count). The van der Waals surface area contributed by atoms with Crippen molar-refractivity contribution in [2.45, 2.75) is 6.92 Å². The Balaban J connectivity index is 2.37. The molecular weight excluding hydrogens is 394 g/mol. The maximum Gasteiger partial charge on any atom is 0.284 e. The minimum Gasteiger partial charge on any atom is -0.395 e. The first-order valence-electron chi connectivity index (χ1n) is 7.92. The Morgan fingerprint density at radius 3 is 2.43 bits per heavy atom. The third-order valence-electron chi connectivity index (χ3n) is 3.25. The third kappa shape index (κ3) is 5.28. The van der Waals surface area contributed by atoms with Crippen molar-refractivity contribution in [1.82, 2.24) is 24.7 Å². The lowest BCUT2D eigenvalue weighted by molar-refractivity contribution is 0.310. The number of aliphatic hydroxyl groups excluding tert-OH is 1. The Morgan fingerprint density at radius 2 is 1.86 bits per heavy atom. The summed E-state index contributed by atoms with van der Waals surface area (Å²) in [6.07, 6.45) is 0. The van der Waals surface area contributed by atoms with Gasteiger partial charge in [0.1, 0.15) is 0 Å². The van der Waals surface area contributed by atoms with Gasteiger partial charge in [-0.3, -0.25) is 0 Å². The molecule has 2 heterocycles. The van der Waals surface area contributed by atoms with Gasteiger partial charge >= 0.3 is 0 Å². The van der Waals surface area contributed by atoms with Crippen LogP contribution in [0.4, 0.5) is 23.4 Å². The van der Waals surface area contributed by atoms with E-state index in [1.807, 2.05) is 0 Å². The van der Waals surface area contributed by atoms with E-state index in [0.29, 0.717) is 11.4 Å². The second kappa shape index (κ2) is 9.31. The molecule has 0 aromatic carbocycles. The number of hydrogen-bond acceptors (Lipinski definition) is 14. The molecule has 0 spiro atoms. The number of hydrogen-bond donors (Lipinski definition) is 5. The van der Waals surface area contributed by atoms with Gasteiger partial charge in [0.05, 0.1) is 18.1 Å². The topological polar surface area (TPSA) is 221 Å². The van der Waals surface area contributed by atoms with Crippen LogP contribution in [0, 0.1) is 6.92 Å². The van der Waals surface area contributed by atoms with Crippen molar-refractivity contribution in [2.75, 3.05) is 48.9 Å². The molecule has 0 radical (unpaired) electrons. The Morgan fingerprint density at radius 1 is 1.21 bits per heavy atom. The van der Waals surface area contributed by atoms with E-state index in [2.05, 4.69) is 51.1 Å². The monoisotopic (exact) mass is 415 g/mol. The summed E-state index contributed by atoms with van der Waals surface area (Å²) in [5.74, 6) is 4.65. The molecule has 16 heteroatoms. The summed E-state index contributed by atoms with van der Waals surface area (Å²) >= 11 is 0. The highest BCUT2D eigenvalue weighted by molar-refractivity contribution is 7.86. The van der Waals surface area contributed by atoms with Crippen molar-refractivity contribution in [3.05, 3.63) is 5.69 Å². The Kier molecular flexibility index (Phi) is 7.10. The molecule has 2 aromatic rings. The number of aliphatic hydroxyl groups is 1. The van der Waals surface area contributed by atoms with Crippen LogP contribution in [0.2, 0.25) is 0 Å². The zero-order chi connectivity index (χ0) is 20.7. The number of nitrogens with zero attached hydrogens (tertiary/aromatic N) is 7. The fourth-order valence-corrected chi connectivity index (χ4v) is 2.48. The standard InChI is InChI=1S/C12H21N11O4S/c1-7-8(21-15-2)9(13)23(22-7)12-19-10(16-3-5-24)18-11(20-12)17-4-6-28(25,26)27-14/h24H,3-6,13-14H2,1-2H3,(H2,16,17,18,19,20)/b21-15+. The molecule has 15 nitrogen and oxygen atoms in total. The van der Waals surface area contributed by atoms with Gasteiger partial charge in [-0.15, -0.1) is 0 Å². The minimum absolute atomic E-state index is 0.0453. The quantitative estimate of drug-likeness (QED) is 0.225. The number of azo groups is 1. The number of anilines is 3. The molecule has 0 aliphatic heterocycles. The zero-order valence-electron chi connectivity index (χ0n) is 15.2. The third-order valence-corrected chi connectivity index (χ3v) is 4.25. The Bertz CT molecular complexity index is 943. The average molecular weight is 415 g/mol. The average Bonchev–Trinajstić information content (AvgIpc) is 2.95. The highest BCUT2D eigenvalue weighted by Gasteiger charge is 2.18. The summed E-state index contributed by atoms with van der Waals surface area (Å²) in [7, 11) is -2.36. The molecule has 2 aromatic heterocycles. The van der Waals surface area contributed by atoms with Crippen LogP contribution in [0.3, 0.4) is 0 Å². The molecule has 0 saturated carbocycles. The van der Waals surface area contributed by atoms with Gasteiger partial charge in [-0.05, 0) is 6.92 Å². The Labute approximate surface area is 160 Å². The van der Waals surface area contributed by atoms with E-state index in [4.69, 9.17) is 10.8 Å². The molecule has 0 amide bonds. The fraction of sp³-hybridized carbons (Fsp3) is 0.500. The lowest BCUT2D eigenvalue weighted by Crippen LogP contribution is -2.22. The molecule has 0 fully saturated rings. The van der Waals surface area contributed by atoms with Crippen molar-refractivity contribution in [2.24, 2.45) is 16.1 Å². The van der Waals surface area contributed by atoms with E-state index in [9.17, 15) is 8.42 Å². The van der Waals surface area contributed by atoms with Crippen molar-refractivity contribution >= 4 is 33.5 Å².